The third-order valence-corrected chi connectivity index (χ3v) is 10.7. The minimum atomic E-state index is 0.891. The summed E-state index contributed by atoms with van der Waals surface area (Å²) in [5, 5.41) is 9.36. The maximum atomic E-state index is 6.42. The molecule has 11 aromatic rings. The molecule has 0 aliphatic heterocycles. The Morgan fingerprint density at radius 3 is 1.48 bits per heavy atom. The first-order valence-corrected chi connectivity index (χ1v) is 17.8. The van der Waals surface area contributed by atoms with Gasteiger partial charge < -0.3 is 8.83 Å². The zero-order valence-electron chi connectivity index (χ0n) is 28.1. The van der Waals surface area contributed by atoms with Crippen molar-refractivity contribution in [2.45, 2.75) is 0 Å². The van der Waals surface area contributed by atoms with Crippen molar-refractivity contribution >= 4 is 65.4 Å². The Bertz CT molecular complexity index is 3120. The SMILES string of the molecule is c1ccc(-c2cccc(-c3cccc4oc5ccccc5c34)c2-c2c3ccccc3c(-c3ccc4oc5ccccc5c4c3)c3ccccc23)cc1. The minimum absolute atomic E-state index is 0.891. The molecule has 0 bridgehead atoms. The van der Waals surface area contributed by atoms with Crippen molar-refractivity contribution in [3.63, 3.8) is 0 Å². The second-order valence-corrected chi connectivity index (χ2v) is 13.5. The molecule has 11 rings (SSSR count). The van der Waals surface area contributed by atoms with Gasteiger partial charge >= 0.3 is 0 Å². The number of hydrogen-bond acceptors (Lipinski definition) is 2. The van der Waals surface area contributed by atoms with Gasteiger partial charge in [0.25, 0.3) is 0 Å². The lowest BCUT2D eigenvalue weighted by atomic mass is 9.80. The smallest absolute Gasteiger partial charge is 0.136 e. The van der Waals surface area contributed by atoms with E-state index in [0.717, 1.165) is 49.4 Å². The fraction of sp³-hybridized carbons (Fsp3) is 0. The van der Waals surface area contributed by atoms with Gasteiger partial charge in [-0.15, -0.1) is 0 Å². The van der Waals surface area contributed by atoms with Gasteiger partial charge in [0.1, 0.15) is 22.3 Å². The maximum absolute atomic E-state index is 6.42. The molecule has 0 saturated heterocycles. The van der Waals surface area contributed by atoms with Gasteiger partial charge in [0, 0.05) is 21.5 Å². The third kappa shape index (κ3) is 4.25. The molecule has 0 N–H and O–H groups in total. The highest BCUT2D eigenvalue weighted by atomic mass is 16.3. The fourth-order valence-electron chi connectivity index (χ4n) is 8.49. The van der Waals surface area contributed by atoms with Gasteiger partial charge in [-0.05, 0) is 96.4 Å². The maximum Gasteiger partial charge on any atom is 0.136 e. The van der Waals surface area contributed by atoms with Crippen LogP contribution in [0.1, 0.15) is 0 Å². The molecule has 2 nitrogen and oxygen atoms in total. The Balaban J connectivity index is 1.29. The van der Waals surface area contributed by atoms with Gasteiger partial charge in [0.05, 0.1) is 0 Å². The molecule has 0 spiro atoms. The molecule has 0 fully saturated rings. The van der Waals surface area contributed by atoms with E-state index in [4.69, 9.17) is 8.83 Å². The lowest BCUT2D eigenvalue weighted by Gasteiger charge is -2.22. The van der Waals surface area contributed by atoms with Crippen LogP contribution >= 0.6 is 0 Å². The largest absolute Gasteiger partial charge is 0.456 e. The molecule has 2 heterocycles. The van der Waals surface area contributed by atoms with Gasteiger partial charge in [0.15, 0.2) is 0 Å². The quantitative estimate of drug-likeness (QED) is 0.175. The van der Waals surface area contributed by atoms with Crippen molar-refractivity contribution in [1.82, 2.24) is 0 Å². The van der Waals surface area contributed by atoms with Crippen LogP contribution in [0.3, 0.4) is 0 Å². The molecule has 0 saturated carbocycles. The van der Waals surface area contributed by atoms with Gasteiger partial charge in [-0.1, -0.05) is 152 Å². The molecule has 0 atom stereocenters. The van der Waals surface area contributed by atoms with E-state index in [1.807, 2.05) is 18.2 Å². The number of furan rings is 2. The summed E-state index contributed by atoms with van der Waals surface area (Å²) in [7, 11) is 0. The molecule has 0 amide bonds. The highest BCUT2D eigenvalue weighted by Gasteiger charge is 2.24. The van der Waals surface area contributed by atoms with Crippen molar-refractivity contribution in [2.24, 2.45) is 0 Å². The summed E-state index contributed by atoms with van der Waals surface area (Å²) >= 11 is 0. The van der Waals surface area contributed by atoms with Gasteiger partial charge in [-0.3, -0.25) is 0 Å². The average molecular weight is 663 g/mol. The monoisotopic (exact) mass is 662 g/mol. The molecule has 2 aromatic heterocycles. The molecule has 0 unspecified atom stereocenters. The fourth-order valence-corrected chi connectivity index (χ4v) is 8.49. The Morgan fingerprint density at radius 2 is 0.750 bits per heavy atom. The summed E-state index contributed by atoms with van der Waals surface area (Å²) in [5.41, 5.74) is 13.1. The van der Waals surface area contributed by atoms with E-state index in [1.165, 1.54) is 60.5 Å². The van der Waals surface area contributed by atoms with E-state index in [2.05, 4.69) is 164 Å². The normalized spacial score (nSPS) is 11.8. The van der Waals surface area contributed by atoms with Gasteiger partial charge in [-0.2, -0.15) is 0 Å². The van der Waals surface area contributed by atoms with Crippen LogP contribution < -0.4 is 0 Å². The van der Waals surface area contributed by atoms with E-state index in [-0.39, 0.29) is 0 Å². The molecule has 242 valence electrons. The van der Waals surface area contributed by atoms with E-state index < -0.39 is 0 Å². The number of hydrogen-bond donors (Lipinski definition) is 0. The summed E-state index contributed by atoms with van der Waals surface area (Å²) in [5.74, 6) is 0. The lowest BCUT2D eigenvalue weighted by molar-refractivity contribution is 0.668. The first-order chi connectivity index (χ1) is 25.8. The summed E-state index contributed by atoms with van der Waals surface area (Å²) in [6, 6.07) is 65.2. The number of rotatable bonds is 4. The highest BCUT2D eigenvalue weighted by Crippen LogP contribution is 2.51. The van der Waals surface area contributed by atoms with Gasteiger partial charge in [0.2, 0.25) is 0 Å². The number of para-hydroxylation sites is 2. The molecule has 9 aromatic carbocycles. The van der Waals surface area contributed by atoms with Crippen molar-refractivity contribution in [3.05, 3.63) is 182 Å². The Hall–Kier alpha value is -6.90. The first-order valence-electron chi connectivity index (χ1n) is 17.8. The van der Waals surface area contributed by atoms with Crippen LogP contribution in [-0.4, -0.2) is 0 Å². The highest BCUT2D eigenvalue weighted by molar-refractivity contribution is 6.25. The third-order valence-electron chi connectivity index (χ3n) is 10.7. The standard InChI is InChI=1S/C50H30O2/c1-2-14-31(15-3-1)33-22-12-23-40(37-24-13-27-46-48(37)41-21-9-11-26-44(41)52-46)49(33)50-38-19-6-4-17-35(38)47(36-18-5-7-20-39(36)50)32-28-29-45-42(30-32)34-16-8-10-25-43(34)51-45/h1-30H. The van der Waals surface area contributed by atoms with Crippen LogP contribution in [0.15, 0.2) is 191 Å². The topological polar surface area (TPSA) is 26.3 Å². The van der Waals surface area contributed by atoms with Crippen LogP contribution in [-0.2, 0) is 0 Å². The number of fused-ring (bicyclic) bond motifs is 8. The molecule has 0 radical (unpaired) electrons. The second-order valence-electron chi connectivity index (χ2n) is 13.5. The van der Waals surface area contributed by atoms with Crippen molar-refractivity contribution in [3.8, 4) is 44.5 Å². The zero-order chi connectivity index (χ0) is 34.2. The Labute approximate surface area is 299 Å². The second kappa shape index (κ2) is 11.3. The van der Waals surface area contributed by atoms with Crippen molar-refractivity contribution < 1.29 is 8.83 Å². The lowest BCUT2D eigenvalue weighted by Crippen LogP contribution is -1.95. The average Bonchev–Trinajstić information content (AvgIpc) is 3.78. The predicted octanol–water partition coefficient (Wildman–Crippen LogP) is 14.5. The first kappa shape index (κ1) is 28.9. The van der Waals surface area contributed by atoms with E-state index in [1.54, 1.807) is 0 Å². The summed E-state index contributed by atoms with van der Waals surface area (Å²) in [6.45, 7) is 0. The van der Waals surface area contributed by atoms with Crippen LogP contribution in [0.5, 0.6) is 0 Å². The predicted molar refractivity (Wildman–Crippen MR) is 218 cm³/mol. The molecular weight excluding hydrogens is 633 g/mol. The molecule has 0 aliphatic carbocycles. The van der Waals surface area contributed by atoms with Crippen LogP contribution in [0, 0.1) is 0 Å². The number of benzene rings is 9. The minimum Gasteiger partial charge on any atom is -0.456 e. The summed E-state index contributed by atoms with van der Waals surface area (Å²) in [6.07, 6.45) is 0. The van der Waals surface area contributed by atoms with E-state index in [0.29, 0.717) is 0 Å². The molecule has 0 aliphatic rings. The van der Waals surface area contributed by atoms with Crippen LogP contribution in [0.2, 0.25) is 0 Å². The van der Waals surface area contributed by atoms with Crippen LogP contribution in [0.4, 0.5) is 0 Å². The summed E-state index contributed by atoms with van der Waals surface area (Å²) < 4.78 is 12.7. The van der Waals surface area contributed by atoms with Gasteiger partial charge in [-0.25, -0.2) is 0 Å². The molecule has 52 heavy (non-hydrogen) atoms. The van der Waals surface area contributed by atoms with E-state index in [9.17, 15) is 0 Å². The van der Waals surface area contributed by atoms with E-state index >= 15 is 0 Å². The van der Waals surface area contributed by atoms with Crippen molar-refractivity contribution in [1.29, 1.82) is 0 Å². The Kier molecular flexibility index (Phi) is 6.28. The summed E-state index contributed by atoms with van der Waals surface area (Å²) in [4.78, 5) is 0. The Morgan fingerprint density at radius 1 is 0.250 bits per heavy atom. The zero-order valence-corrected chi connectivity index (χ0v) is 28.1. The van der Waals surface area contributed by atoms with Crippen molar-refractivity contribution in [2.75, 3.05) is 0 Å². The van der Waals surface area contributed by atoms with Crippen LogP contribution in [0.25, 0.3) is 110 Å². The molecule has 2 heteroatoms. The molecular formula is C50H30O2.